The van der Waals surface area contributed by atoms with Crippen LogP contribution >= 0.6 is 23.1 Å². The zero-order chi connectivity index (χ0) is 30.2. The Bertz CT molecular complexity index is 1790. The maximum absolute atomic E-state index is 14.1. The molecule has 1 aromatic heterocycles. The number of halogens is 1. The number of ketones is 1. The topological polar surface area (TPSA) is 119 Å². The average molecular weight is 618 g/mol. The molecule has 0 aliphatic carbocycles. The van der Waals surface area contributed by atoms with Gasteiger partial charge in [-0.05, 0) is 60.0 Å². The number of amides is 1. The smallest absolute Gasteiger partial charge is 0.337 e. The van der Waals surface area contributed by atoms with Gasteiger partial charge in [0.2, 0.25) is 5.13 Å². The maximum Gasteiger partial charge on any atom is 0.337 e. The second-order valence-corrected chi connectivity index (χ2v) is 12.1. The molecule has 0 radical (unpaired) electrons. The van der Waals surface area contributed by atoms with Gasteiger partial charge >= 0.3 is 11.9 Å². The summed E-state index contributed by atoms with van der Waals surface area (Å²) in [4.78, 5) is 40.3. The molecule has 2 unspecified atom stereocenters. The summed E-state index contributed by atoms with van der Waals surface area (Å²) < 4.78 is 25.2. The number of thioether (sulfide) groups is 1. The first-order valence-corrected chi connectivity index (χ1v) is 15.0. The number of carbonyl (C=O) groups is 3. The van der Waals surface area contributed by atoms with Gasteiger partial charge in [-0.15, -0.1) is 10.2 Å². The number of aromatic nitrogens is 2. The van der Waals surface area contributed by atoms with Gasteiger partial charge in [0.25, 0.3) is 5.78 Å². The number of hydrogen-bond donors (Lipinski definition) is 1. The molecule has 12 heteroatoms. The molecular weight excluding hydrogens is 593 g/mol. The lowest BCUT2D eigenvalue weighted by molar-refractivity contribution is -0.132. The van der Waals surface area contributed by atoms with Gasteiger partial charge in [0.05, 0.1) is 24.3 Å². The van der Waals surface area contributed by atoms with E-state index in [1.807, 2.05) is 6.92 Å². The molecule has 1 N–H and O–H groups in total. The Hall–Kier alpha value is -4.55. The predicted octanol–water partition coefficient (Wildman–Crippen LogP) is 5.71. The Morgan fingerprint density at radius 3 is 2.60 bits per heavy atom. The van der Waals surface area contributed by atoms with Crippen molar-refractivity contribution in [2.45, 2.75) is 35.6 Å². The van der Waals surface area contributed by atoms with E-state index in [0.717, 1.165) is 16.9 Å². The number of fused-ring (bicyclic) bond motifs is 1. The summed E-state index contributed by atoms with van der Waals surface area (Å²) in [5.41, 5.74) is 2.35. The van der Waals surface area contributed by atoms with Crippen molar-refractivity contribution in [1.82, 2.24) is 10.2 Å². The molecular formula is C31H24FN3O6S2. The van der Waals surface area contributed by atoms with Crippen molar-refractivity contribution < 1.29 is 33.4 Å². The minimum absolute atomic E-state index is 0.0193. The summed E-state index contributed by atoms with van der Waals surface area (Å²) in [7, 11) is 1.27. The van der Waals surface area contributed by atoms with Gasteiger partial charge in [-0.2, -0.15) is 0 Å². The zero-order valence-corrected chi connectivity index (χ0v) is 24.6. The van der Waals surface area contributed by atoms with Gasteiger partial charge in [-0.25, -0.2) is 9.18 Å². The number of aliphatic hydroxyl groups is 1. The van der Waals surface area contributed by atoms with Gasteiger partial charge < -0.3 is 14.6 Å². The van der Waals surface area contributed by atoms with E-state index in [0.29, 0.717) is 39.0 Å². The third kappa shape index (κ3) is 5.39. The number of nitrogens with zero attached hydrogens (tertiary/aromatic N) is 3. The molecule has 2 aliphatic heterocycles. The predicted molar refractivity (Wildman–Crippen MR) is 159 cm³/mol. The van der Waals surface area contributed by atoms with Crippen molar-refractivity contribution in [2.24, 2.45) is 0 Å². The van der Waals surface area contributed by atoms with Crippen LogP contribution in [0.1, 0.15) is 45.6 Å². The van der Waals surface area contributed by atoms with Crippen LogP contribution in [0, 0.1) is 5.82 Å². The standard InChI is InChI=1S/C31H24FN3O6S2/c1-16-13-21-14-19(11-12-23(21)41-16)26(36)24-25(17-7-9-18(10-8-17)29(39)40-2)35(28(38)27(24)37)30-33-34-31(43-30)42-15-20-5-3-4-6-22(20)32/h3-12,14,16,25,36H,13,15H2,1-2H3/b26-24-. The van der Waals surface area contributed by atoms with Crippen LogP contribution in [0.3, 0.4) is 0 Å². The molecule has 3 heterocycles. The van der Waals surface area contributed by atoms with Gasteiger partial charge in [0.1, 0.15) is 23.4 Å². The van der Waals surface area contributed by atoms with E-state index in [1.165, 1.54) is 42.0 Å². The fourth-order valence-corrected chi connectivity index (χ4v) is 6.96. The van der Waals surface area contributed by atoms with Crippen LogP contribution in [0.5, 0.6) is 5.75 Å². The number of Topliss-reactive ketones (excluding diaryl/α,β-unsaturated/α-hetero) is 1. The van der Waals surface area contributed by atoms with Crippen LogP contribution in [-0.4, -0.2) is 46.2 Å². The minimum Gasteiger partial charge on any atom is -0.507 e. The Kier molecular flexibility index (Phi) is 7.72. The molecule has 43 heavy (non-hydrogen) atoms. The first kappa shape index (κ1) is 28.6. The van der Waals surface area contributed by atoms with Gasteiger partial charge in [-0.3, -0.25) is 14.5 Å². The van der Waals surface area contributed by atoms with Crippen LogP contribution in [0.25, 0.3) is 5.76 Å². The van der Waals surface area contributed by atoms with Crippen molar-refractivity contribution in [3.8, 4) is 5.75 Å². The molecule has 0 bridgehead atoms. The van der Waals surface area contributed by atoms with Crippen LogP contribution < -0.4 is 9.64 Å². The highest BCUT2D eigenvalue weighted by molar-refractivity contribution is 8.00. The summed E-state index contributed by atoms with van der Waals surface area (Å²) in [5, 5.41) is 20.0. The molecule has 4 aromatic rings. The fourth-order valence-electron chi connectivity index (χ4n) is 5.10. The second-order valence-electron chi connectivity index (χ2n) is 9.97. The lowest BCUT2D eigenvalue weighted by Crippen LogP contribution is -2.29. The zero-order valence-electron chi connectivity index (χ0n) is 22.9. The van der Waals surface area contributed by atoms with E-state index in [4.69, 9.17) is 9.47 Å². The Morgan fingerprint density at radius 1 is 1.12 bits per heavy atom. The highest BCUT2D eigenvalue weighted by Gasteiger charge is 2.48. The van der Waals surface area contributed by atoms with Crippen molar-refractivity contribution in [3.05, 3.63) is 106 Å². The Balaban J connectivity index is 1.40. The fraction of sp³-hybridized carbons (Fsp3) is 0.194. The monoisotopic (exact) mass is 617 g/mol. The first-order valence-electron chi connectivity index (χ1n) is 13.2. The molecule has 3 aromatic carbocycles. The van der Waals surface area contributed by atoms with E-state index in [-0.39, 0.29) is 33.9 Å². The van der Waals surface area contributed by atoms with E-state index in [2.05, 4.69) is 10.2 Å². The van der Waals surface area contributed by atoms with E-state index < -0.39 is 23.7 Å². The van der Waals surface area contributed by atoms with Crippen LogP contribution in [0.15, 0.2) is 76.6 Å². The normalized spacial score (nSPS) is 18.9. The summed E-state index contributed by atoms with van der Waals surface area (Å²) in [6.07, 6.45) is 0.621. The highest BCUT2D eigenvalue weighted by atomic mass is 32.2. The summed E-state index contributed by atoms with van der Waals surface area (Å²) in [6, 6.07) is 16.7. The largest absolute Gasteiger partial charge is 0.507 e. The molecule has 0 spiro atoms. The van der Waals surface area contributed by atoms with E-state index in [9.17, 15) is 23.9 Å². The summed E-state index contributed by atoms with van der Waals surface area (Å²) in [5.74, 6) is -2.01. The second kappa shape index (κ2) is 11.6. The lowest BCUT2D eigenvalue weighted by atomic mass is 9.94. The molecule has 2 atom stereocenters. The molecule has 1 fully saturated rings. The molecule has 218 valence electrons. The lowest BCUT2D eigenvalue weighted by Gasteiger charge is -2.22. The summed E-state index contributed by atoms with van der Waals surface area (Å²) >= 11 is 2.32. The van der Waals surface area contributed by atoms with Crippen LogP contribution in [-0.2, 0) is 26.5 Å². The third-order valence-corrected chi connectivity index (χ3v) is 9.28. The van der Waals surface area contributed by atoms with Crippen molar-refractivity contribution >= 4 is 51.6 Å². The molecule has 6 rings (SSSR count). The number of ether oxygens (including phenoxy) is 2. The number of esters is 1. The third-order valence-electron chi connectivity index (χ3n) is 7.17. The van der Waals surface area contributed by atoms with Crippen molar-refractivity contribution in [3.63, 3.8) is 0 Å². The maximum atomic E-state index is 14.1. The molecule has 0 saturated carbocycles. The number of carbonyl (C=O) groups excluding carboxylic acids is 3. The minimum atomic E-state index is -1.06. The Morgan fingerprint density at radius 2 is 1.86 bits per heavy atom. The van der Waals surface area contributed by atoms with Crippen LogP contribution in [0.4, 0.5) is 9.52 Å². The van der Waals surface area contributed by atoms with Gasteiger partial charge in [0, 0.05) is 17.7 Å². The average Bonchev–Trinajstić information content (AvgIpc) is 3.70. The van der Waals surface area contributed by atoms with Gasteiger partial charge in [-0.1, -0.05) is 53.4 Å². The quantitative estimate of drug-likeness (QED) is 0.0695. The van der Waals surface area contributed by atoms with Crippen molar-refractivity contribution in [2.75, 3.05) is 12.0 Å². The molecule has 2 aliphatic rings. The molecule has 9 nitrogen and oxygen atoms in total. The number of rotatable bonds is 7. The number of benzene rings is 3. The Labute approximate surface area is 254 Å². The van der Waals surface area contributed by atoms with Crippen LogP contribution in [0.2, 0.25) is 0 Å². The number of hydrogen-bond acceptors (Lipinski definition) is 10. The first-order chi connectivity index (χ1) is 20.7. The highest BCUT2D eigenvalue weighted by Crippen LogP contribution is 2.44. The van der Waals surface area contributed by atoms with Gasteiger partial charge in [0.15, 0.2) is 4.34 Å². The number of anilines is 1. The summed E-state index contributed by atoms with van der Waals surface area (Å²) in [6.45, 7) is 1.94. The van der Waals surface area contributed by atoms with Crippen molar-refractivity contribution in [1.29, 1.82) is 0 Å². The molecule has 1 saturated heterocycles. The SMILES string of the molecule is COC(=O)c1ccc(C2/C(=C(/O)c3ccc4c(c3)CC(C)O4)C(=O)C(=O)N2c2nnc(SCc3ccccc3F)s2)cc1. The number of methoxy groups -OCH3 is 1. The number of aliphatic hydroxyl groups excluding tert-OH is 1. The molecule has 1 amide bonds. The van der Waals surface area contributed by atoms with E-state index >= 15 is 0 Å². The van der Waals surface area contributed by atoms with E-state index in [1.54, 1.807) is 48.5 Å².